The van der Waals surface area contributed by atoms with Gasteiger partial charge in [0.2, 0.25) is 0 Å². The van der Waals surface area contributed by atoms with Gasteiger partial charge in [0.1, 0.15) is 4.83 Å². The summed E-state index contributed by atoms with van der Waals surface area (Å²) in [6, 6.07) is 0. The van der Waals surface area contributed by atoms with Crippen molar-refractivity contribution in [2.24, 2.45) is 0 Å². The highest BCUT2D eigenvalue weighted by Gasteiger charge is 2.12. The molecule has 0 fully saturated rings. The van der Waals surface area contributed by atoms with Crippen LogP contribution in [0.15, 0.2) is 0 Å². The molecule has 0 unspecified atom stereocenters. The molecule has 0 saturated heterocycles. The summed E-state index contributed by atoms with van der Waals surface area (Å²) >= 11 is 2.96. The van der Waals surface area contributed by atoms with Gasteiger partial charge in [-0.1, -0.05) is 15.9 Å². The number of carbonyl (C=O) groups excluding carboxylic acids is 1. The van der Waals surface area contributed by atoms with E-state index < -0.39 is 10.8 Å². The summed E-state index contributed by atoms with van der Waals surface area (Å²) in [6.07, 6.45) is 1.23. The van der Waals surface area contributed by atoms with Crippen molar-refractivity contribution in [2.45, 2.75) is 24.1 Å². The first-order valence-corrected chi connectivity index (χ1v) is 4.43. The Labute approximate surface area is 79.0 Å². The van der Waals surface area contributed by atoms with Gasteiger partial charge in [-0.25, -0.2) is 0 Å². The fourth-order valence-electron chi connectivity index (χ4n) is 0.651. The molecule has 1 N–H and O–H groups in total. The van der Waals surface area contributed by atoms with Gasteiger partial charge < -0.3 is 9.84 Å². The van der Waals surface area contributed by atoms with Crippen LogP contribution in [0.4, 0.5) is 0 Å². The molecular formula is C7H11BrO4. The molecule has 0 spiro atoms. The number of hydrogen-bond donors (Lipinski definition) is 1. The highest BCUT2D eigenvalue weighted by Crippen LogP contribution is 2.10. The minimum absolute atomic E-state index is 0.270. The number of hydrogen-bond acceptors (Lipinski definition) is 3. The number of carboxylic acids is 1. The first kappa shape index (κ1) is 11.4. The Balaban J connectivity index is 3.43. The lowest BCUT2D eigenvalue weighted by atomic mass is 10.2. The number of ether oxygens (including phenoxy) is 1. The molecule has 4 nitrogen and oxygen atoms in total. The molecule has 70 valence electrons. The van der Waals surface area contributed by atoms with Crippen LogP contribution in [0.5, 0.6) is 0 Å². The molecule has 0 aromatic rings. The lowest BCUT2D eigenvalue weighted by Gasteiger charge is -2.02. The van der Waals surface area contributed by atoms with Crippen LogP contribution in [0.2, 0.25) is 0 Å². The molecule has 0 aromatic heterocycles. The lowest BCUT2D eigenvalue weighted by Crippen LogP contribution is -2.13. The number of carboxylic acid groups (broad SMARTS) is 1. The van der Waals surface area contributed by atoms with E-state index in [9.17, 15) is 9.59 Å². The Kier molecular flexibility index (Phi) is 5.70. The van der Waals surface area contributed by atoms with Crippen LogP contribution in [0.1, 0.15) is 19.3 Å². The average molecular weight is 239 g/mol. The molecule has 0 amide bonds. The Bertz CT molecular complexity index is 169. The number of rotatable bonds is 5. The molecule has 0 bridgehead atoms. The van der Waals surface area contributed by atoms with E-state index in [1.54, 1.807) is 0 Å². The summed E-state index contributed by atoms with van der Waals surface area (Å²) in [7, 11) is 1.31. The summed E-state index contributed by atoms with van der Waals surface area (Å²) in [5.74, 6) is -1.21. The first-order valence-electron chi connectivity index (χ1n) is 3.51. The van der Waals surface area contributed by atoms with Crippen LogP contribution in [-0.2, 0) is 14.3 Å². The second kappa shape index (κ2) is 5.99. The quantitative estimate of drug-likeness (QED) is 0.577. The Hall–Kier alpha value is -0.580. The Morgan fingerprint density at radius 2 is 2.17 bits per heavy atom. The molecule has 0 heterocycles. The van der Waals surface area contributed by atoms with Crippen molar-refractivity contribution in [3.63, 3.8) is 0 Å². The maximum atomic E-state index is 10.6. The van der Waals surface area contributed by atoms with Gasteiger partial charge in [0.25, 0.3) is 0 Å². The van der Waals surface area contributed by atoms with Crippen molar-refractivity contribution < 1.29 is 19.4 Å². The predicted molar refractivity (Wildman–Crippen MR) is 46.2 cm³/mol. The molecular weight excluding hydrogens is 228 g/mol. The van der Waals surface area contributed by atoms with Crippen LogP contribution in [0, 0.1) is 0 Å². The standard InChI is InChI=1S/C7H11BrO4/c1-12-6(9)4-2-3-5(8)7(10)11/h5H,2-4H2,1H3,(H,10,11)/t5-/m0/s1. The van der Waals surface area contributed by atoms with E-state index >= 15 is 0 Å². The van der Waals surface area contributed by atoms with Gasteiger partial charge in [0.15, 0.2) is 0 Å². The molecule has 0 radical (unpaired) electrons. The fourth-order valence-corrected chi connectivity index (χ4v) is 0.975. The normalized spacial score (nSPS) is 12.2. The summed E-state index contributed by atoms with van der Waals surface area (Å²) in [4.78, 5) is 20.3. The fraction of sp³-hybridized carbons (Fsp3) is 0.714. The highest BCUT2D eigenvalue weighted by atomic mass is 79.9. The maximum absolute atomic E-state index is 10.6. The molecule has 0 aliphatic carbocycles. The van der Waals surface area contributed by atoms with Gasteiger partial charge >= 0.3 is 11.9 Å². The van der Waals surface area contributed by atoms with Crippen molar-refractivity contribution >= 4 is 27.9 Å². The molecule has 0 rings (SSSR count). The van der Waals surface area contributed by atoms with Crippen molar-refractivity contribution in [1.29, 1.82) is 0 Å². The smallest absolute Gasteiger partial charge is 0.317 e. The monoisotopic (exact) mass is 238 g/mol. The van der Waals surface area contributed by atoms with Crippen LogP contribution in [0.3, 0.4) is 0 Å². The van der Waals surface area contributed by atoms with Crippen molar-refractivity contribution in [3.05, 3.63) is 0 Å². The molecule has 0 aliphatic heterocycles. The lowest BCUT2D eigenvalue weighted by molar-refractivity contribution is -0.141. The van der Waals surface area contributed by atoms with Gasteiger partial charge in [0, 0.05) is 6.42 Å². The maximum Gasteiger partial charge on any atom is 0.317 e. The van der Waals surface area contributed by atoms with Gasteiger partial charge in [-0.2, -0.15) is 0 Å². The zero-order valence-electron chi connectivity index (χ0n) is 6.75. The van der Waals surface area contributed by atoms with Crippen LogP contribution < -0.4 is 0 Å². The molecule has 5 heteroatoms. The van der Waals surface area contributed by atoms with Gasteiger partial charge in [-0.05, 0) is 12.8 Å². The number of esters is 1. The van der Waals surface area contributed by atoms with E-state index in [1.807, 2.05) is 0 Å². The summed E-state index contributed by atoms with van der Waals surface area (Å²) < 4.78 is 4.39. The van der Waals surface area contributed by atoms with E-state index in [1.165, 1.54) is 7.11 Å². The second-order valence-corrected chi connectivity index (χ2v) is 3.38. The number of halogens is 1. The largest absolute Gasteiger partial charge is 0.480 e. The van der Waals surface area contributed by atoms with Crippen LogP contribution >= 0.6 is 15.9 Å². The Morgan fingerprint density at radius 3 is 2.58 bits per heavy atom. The number of carbonyl (C=O) groups is 2. The second-order valence-electron chi connectivity index (χ2n) is 2.27. The molecule has 0 aliphatic rings. The SMILES string of the molecule is COC(=O)CCC[C@H](Br)C(=O)O. The van der Waals surface area contributed by atoms with Crippen molar-refractivity contribution in [1.82, 2.24) is 0 Å². The molecule has 0 aromatic carbocycles. The molecule has 1 atom stereocenters. The van der Waals surface area contributed by atoms with Gasteiger partial charge in [0.05, 0.1) is 7.11 Å². The highest BCUT2D eigenvalue weighted by molar-refractivity contribution is 9.10. The predicted octanol–water partition coefficient (Wildman–Crippen LogP) is 1.18. The van der Waals surface area contributed by atoms with E-state index in [0.29, 0.717) is 12.8 Å². The molecule has 0 saturated carbocycles. The van der Waals surface area contributed by atoms with Crippen molar-refractivity contribution in [3.8, 4) is 0 Å². The first-order chi connectivity index (χ1) is 5.57. The number of alkyl halides is 1. The van der Waals surface area contributed by atoms with E-state index in [4.69, 9.17) is 5.11 Å². The number of methoxy groups -OCH3 is 1. The van der Waals surface area contributed by atoms with E-state index in [-0.39, 0.29) is 12.4 Å². The third-order valence-electron chi connectivity index (χ3n) is 1.33. The number of aliphatic carboxylic acids is 1. The zero-order chi connectivity index (χ0) is 9.56. The summed E-state index contributed by atoms with van der Waals surface area (Å²) in [5.41, 5.74) is 0. The van der Waals surface area contributed by atoms with Gasteiger partial charge in [-0.15, -0.1) is 0 Å². The van der Waals surface area contributed by atoms with Crippen LogP contribution in [-0.4, -0.2) is 29.0 Å². The minimum Gasteiger partial charge on any atom is -0.480 e. The average Bonchev–Trinajstić information content (AvgIpc) is 2.03. The van der Waals surface area contributed by atoms with Crippen LogP contribution in [0.25, 0.3) is 0 Å². The van der Waals surface area contributed by atoms with Gasteiger partial charge in [-0.3, -0.25) is 9.59 Å². The minimum atomic E-state index is -0.903. The summed E-state index contributed by atoms with van der Waals surface area (Å²) in [6.45, 7) is 0. The third-order valence-corrected chi connectivity index (χ3v) is 2.18. The zero-order valence-corrected chi connectivity index (χ0v) is 8.33. The third kappa shape index (κ3) is 5.12. The molecule has 12 heavy (non-hydrogen) atoms. The van der Waals surface area contributed by atoms with E-state index in [2.05, 4.69) is 20.7 Å². The summed E-state index contributed by atoms with van der Waals surface area (Å²) in [5, 5.41) is 8.44. The van der Waals surface area contributed by atoms with Crippen molar-refractivity contribution in [2.75, 3.05) is 7.11 Å². The van der Waals surface area contributed by atoms with E-state index in [0.717, 1.165) is 0 Å². The Morgan fingerprint density at radius 1 is 1.58 bits per heavy atom. The topological polar surface area (TPSA) is 63.6 Å².